The Hall–Kier alpha value is -0.850. The molecule has 0 aliphatic carbocycles. The summed E-state index contributed by atoms with van der Waals surface area (Å²) in [4.78, 5) is 9.43. The van der Waals surface area contributed by atoms with Crippen LogP contribution in [0.15, 0.2) is 4.99 Å². The zero-order chi connectivity index (χ0) is 17.2. The van der Waals surface area contributed by atoms with E-state index in [0.29, 0.717) is 12.1 Å². The van der Waals surface area contributed by atoms with Crippen molar-refractivity contribution >= 4 is 5.96 Å². The molecule has 0 amide bonds. The van der Waals surface area contributed by atoms with Gasteiger partial charge in [0, 0.05) is 51.9 Å². The Bertz CT molecular complexity index is 360. The summed E-state index contributed by atoms with van der Waals surface area (Å²) in [5.74, 6) is 0.962. The molecule has 2 aliphatic heterocycles. The third kappa shape index (κ3) is 6.95. The Kier molecular flexibility index (Phi) is 8.84. The van der Waals surface area contributed by atoms with E-state index in [2.05, 4.69) is 39.3 Å². The second-order valence-electron chi connectivity index (χ2n) is 7.21. The van der Waals surface area contributed by atoms with Gasteiger partial charge in [0.15, 0.2) is 5.96 Å². The third-order valence-corrected chi connectivity index (χ3v) is 5.12. The molecule has 2 N–H and O–H groups in total. The van der Waals surface area contributed by atoms with Crippen molar-refractivity contribution in [3.8, 4) is 0 Å². The molecule has 6 heteroatoms. The highest BCUT2D eigenvalue weighted by atomic mass is 16.5. The molecule has 2 heterocycles. The smallest absolute Gasteiger partial charge is 0.191 e. The highest BCUT2D eigenvalue weighted by molar-refractivity contribution is 5.79. The molecule has 0 radical (unpaired) electrons. The summed E-state index contributed by atoms with van der Waals surface area (Å²) in [5.41, 5.74) is 0. The second-order valence-corrected chi connectivity index (χ2v) is 7.21. The molecule has 0 saturated carbocycles. The van der Waals surface area contributed by atoms with E-state index in [-0.39, 0.29) is 0 Å². The van der Waals surface area contributed by atoms with Crippen molar-refractivity contribution < 1.29 is 4.74 Å². The number of unbranched alkanes of at least 4 members (excludes halogenated alkanes) is 1. The molecule has 0 spiro atoms. The maximum atomic E-state index is 5.38. The molecule has 24 heavy (non-hydrogen) atoms. The van der Waals surface area contributed by atoms with Crippen LogP contribution in [0.25, 0.3) is 0 Å². The summed E-state index contributed by atoms with van der Waals surface area (Å²) in [6.45, 7) is 13.1. The number of guanidine groups is 1. The van der Waals surface area contributed by atoms with Gasteiger partial charge in [0.2, 0.25) is 0 Å². The van der Waals surface area contributed by atoms with Gasteiger partial charge in [-0.1, -0.05) is 0 Å². The van der Waals surface area contributed by atoms with E-state index in [1.54, 1.807) is 0 Å². The van der Waals surface area contributed by atoms with E-state index >= 15 is 0 Å². The van der Waals surface area contributed by atoms with E-state index in [0.717, 1.165) is 38.8 Å². The predicted octanol–water partition coefficient (Wildman–Crippen LogP) is 1.14. The summed E-state index contributed by atoms with van der Waals surface area (Å²) < 4.78 is 5.38. The van der Waals surface area contributed by atoms with Crippen molar-refractivity contribution in [1.29, 1.82) is 0 Å². The molecule has 140 valence electrons. The van der Waals surface area contributed by atoms with Crippen LogP contribution >= 0.6 is 0 Å². The number of hydrogen-bond acceptors (Lipinski definition) is 4. The standard InChI is InChI=1S/C18H37N5O/c1-16(2)23-10-6-17(7-11-23)21-18(19-3)20-8-4-5-9-22-12-14-24-15-13-22/h16-17H,4-15H2,1-3H3,(H2,19,20,21). The Balaban J connectivity index is 1.54. The molecule has 2 fully saturated rings. The number of aliphatic imine (C=N–C) groups is 1. The summed E-state index contributed by atoms with van der Waals surface area (Å²) in [6.07, 6.45) is 4.83. The minimum absolute atomic E-state index is 0.555. The van der Waals surface area contributed by atoms with Crippen molar-refractivity contribution in [2.75, 3.05) is 59.5 Å². The van der Waals surface area contributed by atoms with E-state index in [4.69, 9.17) is 4.74 Å². The zero-order valence-electron chi connectivity index (χ0n) is 15.9. The lowest BCUT2D eigenvalue weighted by Crippen LogP contribution is -2.50. The lowest BCUT2D eigenvalue weighted by Gasteiger charge is -2.35. The van der Waals surface area contributed by atoms with Crippen LogP contribution in [-0.4, -0.2) is 87.4 Å². The maximum absolute atomic E-state index is 5.38. The van der Waals surface area contributed by atoms with Gasteiger partial charge < -0.3 is 20.3 Å². The molecule has 0 aromatic heterocycles. The molecule has 0 unspecified atom stereocenters. The molecule has 0 bridgehead atoms. The highest BCUT2D eigenvalue weighted by Gasteiger charge is 2.21. The van der Waals surface area contributed by atoms with Crippen LogP contribution in [0.1, 0.15) is 39.5 Å². The molecule has 2 aliphatic rings. The summed E-state index contributed by atoms with van der Waals surface area (Å²) in [6, 6.07) is 1.22. The zero-order valence-corrected chi connectivity index (χ0v) is 15.9. The second kappa shape index (κ2) is 10.9. The molecular weight excluding hydrogens is 302 g/mol. The lowest BCUT2D eigenvalue weighted by molar-refractivity contribution is 0.0372. The van der Waals surface area contributed by atoms with Crippen LogP contribution in [0.2, 0.25) is 0 Å². The molecule has 2 rings (SSSR count). The van der Waals surface area contributed by atoms with Crippen LogP contribution in [0.4, 0.5) is 0 Å². The van der Waals surface area contributed by atoms with Gasteiger partial charge in [-0.05, 0) is 46.1 Å². The number of likely N-dealkylation sites (tertiary alicyclic amines) is 1. The molecule has 6 nitrogen and oxygen atoms in total. The van der Waals surface area contributed by atoms with Gasteiger partial charge in [-0.3, -0.25) is 9.89 Å². The average Bonchev–Trinajstić information content (AvgIpc) is 2.61. The van der Waals surface area contributed by atoms with Crippen LogP contribution in [-0.2, 0) is 4.74 Å². The Morgan fingerprint density at radius 1 is 1.12 bits per heavy atom. The minimum Gasteiger partial charge on any atom is -0.379 e. The van der Waals surface area contributed by atoms with E-state index < -0.39 is 0 Å². The monoisotopic (exact) mass is 339 g/mol. The first-order chi connectivity index (χ1) is 11.7. The van der Waals surface area contributed by atoms with Gasteiger partial charge in [0.1, 0.15) is 0 Å². The largest absolute Gasteiger partial charge is 0.379 e. The minimum atomic E-state index is 0.555. The number of morpholine rings is 1. The van der Waals surface area contributed by atoms with E-state index in [1.165, 1.54) is 45.3 Å². The third-order valence-electron chi connectivity index (χ3n) is 5.12. The Morgan fingerprint density at radius 2 is 1.83 bits per heavy atom. The van der Waals surface area contributed by atoms with Gasteiger partial charge in [0.25, 0.3) is 0 Å². The fraction of sp³-hybridized carbons (Fsp3) is 0.944. The first-order valence-electron chi connectivity index (χ1n) is 9.70. The lowest BCUT2D eigenvalue weighted by atomic mass is 10.0. The molecule has 2 saturated heterocycles. The summed E-state index contributed by atoms with van der Waals surface area (Å²) in [5, 5.41) is 7.06. The number of hydrogen-bond donors (Lipinski definition) is 2. The predicted molar refractivity (Wildman–Crippen MR) is 101 cm³/mol. The van der Waals surface area contributed by atoms with Gasteiger partial charge in [0.05, 0.1) is 13.2 Å². The van der Waals surface area contributed by atoms with Crippen LogP contribution < -0.4 is 10.6 Å². The SMILES string of the molecule is CN=C(NCCCCN1CCOCC1)NC1CCN(C(C)C)CC1. The molecular formula is C18H37N5O. The number of nitrogens with zero attached hydrogens (tertiary/aromatic N) is 3. The van der Waals surface area contributed by atoms with E-state index in [9.17, 15) is 0 Å². The van der Waals surface area contributed by atoms with Crippen molar-refractivity contribution in [2.24, 2.45) is 4.99 Å². The van der Waals surface area contributed by atoms with Crippen LogP contribution in [0, 0.1) is 0 Å². The number of rotatable bonds is 7. The Morgan fingerprint density at radius 3 is 2.46 bits per heavy atom. The van der Waals surface area contributed by atoms with Crippen molar-refractivity contribution in [3.05, 3.63) is 0 Å². The fourth-order valence-electron chi connectivity index (χ4n) is 3.44. The first kappa shape index (κ1) is 19.5. The normalized spacial score (nSPS) is 22.1. The van der Waals surface area contributed by atoms with Crippen molar-refractivity contribution in [2.45, 2.75) is 51.6 Å². The summed E-state index contributed by atoms with van der Waals surface area (Å²) >= 11 is 0. The number of nitrogens with one attached hydrogen (secondary N) is 2. The number of ether oxygens (including phenoxy) is 1. The quantitative estimate of drug-likeness (QED) is 0.414. The average molecular weight is 340 g/mol. The summed E-state index contributed by atoms with van der Waals surface area (Å²) in [7, 11) is 1.87. The molecule has 0 aromatic rings. The number of piperidine rings is 1. The fourth-order valence-corrected chi connectivity index (χ4v) is 3.44. The van der Waals surface area contributed by atoms with Crippen LogP contribution in [0.5, 0.6) is 0 Å². The van der Waals surface area contributed by atoms with Gasteiger partial charge in [-0.15, -0.1) is 0 Å². The van der Waals surface area contributed by atoms with Gasteiger partial charge in [-0.2, -0.15) is 0 Å². The van der Waals surface area contributed by atoms with Gasteiger partial charge >= 0.3 is 0 Å². The topological polar surface area (TPSA) is 52.1 Å². The van der Waals surface area contributed by atoms with E-state index in [1.807, 2.05) is 7.05 Å². The molecule has 0 atom stereocenters. The van der Waals surface area contributed by atoms with Gasteiger partial charge in [-0.25, -0.2) is 0 Å². The maximum Gasteiger partial charge on any atom is 0.191 e. The molecule has 0 aromatic carbocycles. The van der Waals surface area contributed by atoms with Crippen LogP contribution in [0.3, 0.4) is 0 Å². The van der Waals surface area contributed by atoms with Crippen molar-refractivity contribution in [1.82, 2.24) is 20.4 Å². The highest BCUT2D eigenvalue weighted by Crippen LogP contribution is 2.12. The first-order valence-corrected chi connectivity index (χ1v) is 9.70. The Labute approximate surface area is 148 Å². The van der Waals surface area contributed by atoms with Crippen molar-refractivity contribution in [3.63, 3.8) is 0 Å².